The summed E-state index contributed by atoms with van der Waals surface area (Å²) in [5, 5.41) is 10.4. The second-order valence-corrected chi connectivity index (χ2v) is 5.48. The van der Waals surface area contributed by atoms with Crippen molar-refractivity contribution in [2.45, 2.75) is 19.4 Å². The van der Waals surface area contributed by atoms with E-state index in [0.717, 1.165) is 41.7 Å². The monoisotopic (exact) mass is 273 g/mol. The Bertz CT molecular complexity index is 384. The minimum absolute atomic E-state index is 0.288. The Kier molecular flexibility index (Phi) is 4.69. The van der Waals surface area contributed by atoms with E-state index in [1.807, 2.05) is 18.2 Å². The normalized spacial score (nSPS) is 21.0. The number of rotatable bonds is 4. The van der Waals surface area contributed by atoms with Gasteiger partial charge in [0.05, 0.1) is 0 Å². The fourth-order valence-corrected chi connectivity index (χ4v) is 2.75. The zero-order chi connectivity index (χ0) is 12.3. The van der Waals surface area contributed by atoms with E-state index in [0.29, 0.717) is 5.92 Å². The third kappa shape index (κ3) is 3.59. The number of hydrogen-bond acceptors (Lipinski definition) is 2. The molecule has 0 saturated carbocycles. The number of hydrogen-bond donors (Lipinski definition) is 1. The Balaban J connectivity index is 1.95. The van der Waals surface area contributed by atoms with Crippen LogP contribution in [0.25, 0.3) is 0 Å². The first kappa shape index (κ1) is 13.2. The summed E-state index contributed by atoms with van der Waals surface area (Å²) in [5.41, 5.74) is 1.09. The van der Waals surface area contributed by atoms with Crippen LogP contribution in [0.2, 0.25) is 10.0 Å². The third-order valence-electron chi connectivity index (χ3n) is 3.31. The lowest BCUT2D eigenvalue weighted by atomic mass is 10.1. The molecule has 1 heterocycles. The van der Waals surface area contributed by atoms with Crippen LogP contribution in [0.5, 0.6) is 0 Å². The van der Waals surface area contributed by atoms with Gasteiger partial charge in [-0.2, -0.15) is 0 Å². The highest BCUT2D eigenvalue weighted by molar-refractivity contribution is 6.33. The Hall–Kier alpha value is -0.280. The molecule has 1 fully saturated rings. The van der Waals surface area contributed by atoms with Crippen molar-refractivity contribution in [3.05, 3.63) is 33.8 Å². The maximum absolute atomic E-state index is 8.93. The van der Waals surface area contributed by atoms with Crippen molar-refractivity contribution >= 4 is 23.2 Å². The van der Waals surface area contributed by atoms with Crippen molar-refractivity contribution in [2.75, 3.05) is 19.7 Å². The first-order valence-electron chi connectivity index (χ1n) is 5.96. The largest absolute Gasteiger partial charge is 0.396 e. The summed E-state index contributed by atoms with van der Waals surface area (Å²) < 4.78 is 0. The molecule has 4 heteroatoms. The molecule has 0 spiro atoms. The summed E-state index contributed by atoms with van der Waals surface area (Å²) in [4.78, 5) is 2.37. The molecule has 1 atom stereocenters. The lowest BCUT2D eigenvalue weighted by molar-refractivity contribution is 0.249. The van der Waals surface area contributed by atoms with E-state index in [-0.39, 0.29) is 6.61 Å². The van der Waals surface area contributed by atoms with E-state index in [2.05, 4.69) is 4.90 Å². The van der Waals surface area contributed by atoms with E-state index in [1.54, 1.807) is 0 Å². The van der Waals surface area contributed by atoms with Crippen LogP contribution in [0, 0.1) is 5.92 Å². The highest BCUT2D eigenvalue weighted by Crippen LogP contribution is 2.25. The van der Waals surface area contributed by atoms with Gasteiger partial charge in [-0.25, -0.2) is 0 Å². The molecule has 1 unspecified atom stereocenters. The van der Waals surface area contributed by atoms with E-state index < -0.39 is 0 Å². The first-order valence-corrected chi connectivity index (χ1v) is 6.72. The minimum atomic E-state index is 0.288. The maximum atomic E-state index is 8.93. The second kappa shape index (κ2) is 6.05. The van der Waals surface area contributed by atoms with Gasteiger partial charge < -0.3 is 5.11 Å². The Morgan fingerprint density at radius 1 is 1.35 bits per heavy atom. The zero-order valence-corrected chi connectivity index (χ0v) is 11.2. The van der Waals surface area contributed by atoms with Crippen LogP contribution in [0.1, 0.15) is 18.4 Å². The Labute approximate surface area is 112 Å². The summed E-state index contributed by atoms with van der Waals surface area (Å²) in [6, 6.07) is 5.59. The fraction of sp³-hybridized carbons (Fsp3) is 0.538. The number of aliphatic hydroxyl groups excluding tert-OH is 1. The van der Waals surface area contributed by atoms with Crippen molar-refractivity contribution in [3.8, 4) is 0 Å². The fourth-order valence-electron chi connectivity index (χ4n) is 2.38. The molecule has 0 aliphatic carbocycles. The molecule has 1 aliphatic rings. The van der Waals surface area contributed by atoms with Crippen LogP contribution in [0.15, 0.2) is 18.2 Å². The van der Waals surface area contributed by atoms with Gasteiger partial charge in [0.1, 0.15) is 0 Å². The van der Waals surface area contributed by atoms with Crippen LogP contribution in [0.3, 0.4) is 0 Å². The van der Waals surface area contributed by atoms with E-state index in [9.17, 15) is 0 Å². The molecule has 2 nitrogen and oxygen atoms in total. The van der Waals surface area contributed by atoms with Gasteiger partial charge >= 0.3 is 0 Å². The van der Waals surface area contributed by atoms with Crippen molar-refractivity contribution in [3.63, 3.8) is 0 Å². The van der Waals surface area contributed by atoms with Crippen molar-refractivity contribution in [1.29, 1.82) is 0 Å². The standard InChI is InChI=1S/C13H17Cl2NO/c14-12-1-2-13(15)11(7-12)9-16-5-3-10(8-16)4-6-17/h1-2,7,10,17H,3-6,8-9H2. The number of likely N-dealkylation sites (tertiary alicyclic amines) is 1. The minimum Gasteiger partial charge on any atom is -0.396 e. The molecular weight excluding hydrogens is 257 g/mol. The molecule has 1 aromatic rings. The van der Waals surface area contributed by atoms with Gasteiger partial charge in [-0.15, -0.1) is 0 Å². The molecule has 1 aromatic carbocycles. The predicted octanol–water partition coefficient (Wildman–Crippen LogP) is 3.20. The van der Waals surface area contributed by atoms with Gasteiger partial charge in [0.2, 0.25) is 0 Å². The lowest BCUT2D eigenvalue weighted by Gasteiger charge is -2.17. The van der Waals surface area contributed by atoms with Gasteiger partial charge in [-0.3, -0.25) is 4.90 Å². The molecule has 17 heavy (non-hydrogen) atoms. The predicted molar refractivity (Wildman–Crippen MR) is 71.5 cm³/mol. The highest BCUT2D eigenvalue weighted by atomic mass is 35.5. The van der Waals surface area contributed by atoms with E-state index in [1.165, 1.54) is 6.42 Å². The summed E-state index contributed by atoms with van der Waals surface area (Å²) >= 11 is 12.1. The van der Waals surface area contributed by atoms with Crippen molar-refractivity contribution in [2.24, 2.45) is 5.92 Å². The summed E-state index contributed by atoms with van der Waals surface area (Å²) in [6.45, 7) is 3.26. The van der Waals surface area contributed by atoms with Gasteiger partial charge in [0.15, 0.2) is 0 Å². The zero-order valence-electron chi connectivity index (χ0n) is 9.70. The number of halogens is 2. The number of benzene rings is 1. The smallest absolute Gasteiger partial charge is 0.0452 e. The molecule has 1 saturated heterocycles. The Morgan fingerprint density at radius 3 is 2.94 bits per heavy atom. The first-order chi connectivity index (χ1) is 8.19. The molecule has 1 N–H and O–H groups in total. The second-order valence-electron chi connectivity index (χ2n) is 4.64. The molecule has 2 rings (SSSR count). The van der Waals surface area contributed by atoms with Gasteiger partial charge in [-0.05, 0) is 49.1 Å². The quantitative estimate of drug-likeness (QED) is 0.911. The molecule has 0 aromatic heterocycles. The third-order valence-corrected chi connectivity index (χ3v) is 3.91. The number of aliphatic hydroxyl groups is 1. The average molecular weight is 274 g/mol. The summed E-state index contributed by atoms with van der Waals surface area (Å²) in [6.07, 6.45) is 2.07. The van der Waals surface area contributed by atoms with Gasteiger partial charge in [-0.1, -0.05) is 23.2 Å². The lowest BCUT2D eigenvalue weighted by Crippen LogP contribution is -2.20. The molecule has 0 radical (unpaired) electrons. The van der Waals surface area contributed by atoms with Crippen LogP contribution >= 0.6 is 23.2 Å². The summed E-state index contributed by atoms with van der Waals surface area (Å²) in [5.74, 6) is 0.623. The van der Waals surface area contributed by atoms with Gasteiger partial charge in [0.25, 0.3) is 0 Å². The maximum Gasteiger partial charge on any atom is 0.0452 e. The molecule has 0 bridgehead atoms. The summed E-state index contributed by atoms with van der Waals surface area (Å²) in [7, 11) is 0. The van der Waals surface area contributed by atoms with E-state index in [4.69, 9.17) is 28.3 Å². The SMILES string of the molecule is OCCC1CCN(Cc2cc(Cl)ccc2Cl)C1. The Morgan fingerprint density at radius 2 is 2.18 bits per heavy atom. The van der Waals surface area contributed by atoms with Gasteiger partial charge in [0, 0.05) is 29.7 Å². The molecule has 94 valence electrons. The molecular formula is C13H17Cl2NO. The molecule has 1 aliphatic heterocycles. The highest BCUT2D eigenvalue weighted by Gasteiger charge is 2.22. The number of nitrogens with zero attached hydrogens (tertiary/aromatic N) is 1. The van der Waals surface area contributed by atoms with Crippen molar-refractivity contribution < 1.29 is 5.11 Å². The molecule has 0 amide bonds. The van der Waals surface area contributed by atoms with Crippen LogP contribution in [-0.2, 0) is 6.54 Å². The van der Waals surface area contributed by atoms with Crippen LogP contribution in [-0.4, -0.2) is 29.7 Å². The van der Waals surface area contributed by atoms with E-state index >= 15 is 0 Å². The van der Waals surface area contributed by atoms with Crippen LogP contribution in [0.4, 0.5) is 0 Å². The average Bonchev–Trinajstić information content (AvgIpc) is 2.72. The van der Waals surface area contributed by atoms with Crippen LogP contribution < -0.4 is 0 Å². The van der Waals surface area contributed by atoms with Crippen molar-refractivity contribution in [1.82, 2.24) is 4.90 Å². The topological polar surface area (TPSA) is 23.5 Å².